The molecule has 1 aliphatic carbocycles. The highest BCUT2D eigenvalue weighted by molar-refractivity contribution is 5.81. The molecule has 0 aromatic heterocycles. The lowest BCUT2D eigenvalue weighted by molar-refractivity contribution is -0.118. The third kappa shape index (κ3) is 2.09. The number of hydrogen-bond donors (Lipinski definition) is 0. The molecule has 1 nitrogen and oxygen atoms in total. The molecule has 70 valence electrons. The zero-order valence-corrected chi connectivity index (χ0v) is 8.52. The van der Waals surface area contributed by atoms with Crippen LogP contribution >= 0.6 is 0 Å². The van der Waals surface area contributed by atoms with Gasteiger partial charge >= 0.3 is 0 Å². The van der Waals surface area contributed by atoms with Crippen LogP contribution in [0.5, 0.6) is 0 Å². The molecule has 0 N–H and O–H groups in total. The number of carbonyl (C=O) groups excluding carboxylic acids is 1. The van der Waals surface area contributed by atoms with Gasteiger partial charge in [-0.2, -0.15) is 0 Å². The summed E-state index contributed by atoms with van der Waals surface area (Å²) in [7, 11) is 0. The van der Waals surface area contributed by atoms with E-state index in [1.165, 1.54) is 19.3 Å². The van der Waals surface area contributed by atoms with E-state index in [0.29, 0.717) is 11.7 Å². The molecule has 1 fully saturated rings. The summed E-state index contributed by atoms with van der Waals surface area (Å²) in [5.74, 6) is 1.13. The van der Waals surface area contributed by atoms with Crippen molar-refractivity contribution in [2.75, 3.05) is 0 Å². The van der Waals surface area contributed by atoms with Crippen LogP contribution in [-0.2, 0) is 4.79 Å². The third-order valence-corrected chi connectivity index (χ3v) is 3.14. The van der Waals surface area contributed by atoms with Gasteiger partial charge in [-0.25, -0.2) is 0 Å². The van der Waals surface area contributed by atoms with Gasteiger partial charge in [0.25, 0.3) is 0 Å². The lowest BCUT2D eigenvalue weighted by atomic mass is 9.79. The minimum atomic E-state index is 0.284. The monoisotopic (exact) mass is 168 g/mol. The Hall–Kier alpha value is -0.330. The molecule has 0 bridgehead atoms. The number of Topliss-reactive ketones (excluding diaryl/α,β-unsaturated/α-hetero) is 1. The predicted molar refractivity (Wildman–Crippen MR) is 51.0 cm³/mol. The van der Waals surface area contributed by atoms with Crippen LogP contribution in [0.3, 0.4) is 0 Å². The van der Waals surface area contributed by atoms with Crippen molar-refractivity contribution in [1.82, 2.24) is 0 Å². The first kappa shape index (κ1) is 9.76. The number of hydrogen-bond acceptors (Lipinski definition) is 1. The quantitative estimate of drug-likeness (QED) is 0.632. The Bertz CT molecular complexity index is 170. The van der Waals surface area contributed by atoms with Crippen molar-refractivity contribution in [1.29, 1.82) is 0 Å². The molecule has 1 aliphatic rings. The molecule has 12 heavy (non-hydrogen) atoms. The summed E-state index contributed by atoms with van der Waals surface area (Å²) in [6.45, 7) is 6.68. The molecule has 0 aliphatic heterocycles. The van der Waals surface area contributed by atoms with E-state index in [2.05, 4.69) is 20.8 Å². The Morgan fingerprint density at radius 1 is 1.50 bits per heavy atom. The van der Waals surface area contributed by atoms with Crippen LogP contribution in [0.25, 0.3) is 0 Å². The maximum absolute atomic E-state index is 11.2. The van der Waals surface area contributed by atoms with Gasteiger partial charge in [-0.15, -0.1) is 0 Å². The van der Waals surface area contributed by atoms with E-state index < -0.39 is 0 Å². The Morgan fingerprint density at radius 2 is 2.17 bits per heavy atom. The molecule has 1 rings (SSSR count). The summed E-state index contributed by atoms with van der Waals surface area (Å²) in [6.07, 6.45) is 5.42. The fraction of sp³-hybridized carbons (Fsp3) is 0.909. The molecular weight excluding hydrogens is 148 g/mol. The van der Waals surface area contributed by atoms with E-state index in [1.54, 1.807) is 0 Å². The first-order valence-electron chi connectivity index (χ1n) is 5.08. The number of rotatable bonds is 3. The Morgan fingerprint density at radius 3 is 2.58 bits per heavy atom. The van der Waals surface area contributed by atoms with E-state index in [0.717, 1.165) is 12.8 Å². The predicted octanol–water partition coefficient (Wildman–Crippen LogP) is 3.18. The lowest BCUT2D eigenvalue weighted by Crippen LogP contribution is -2.16. The molecule has 0 spiro atoms. The molecule has 1 saturated carbocycles. The molecule has 0 saturated heterocycles. The van der Waals surface area contributed by atoms with Crippen LogP contribution in [0.4, 0.5) is 0 Å². The van der Waals surface area contributed by atoms with Gasteiger partial charge in [0.05, 0.1) is 0 Å². The SMILES string of the molecule is CCCCC1CC(=O)CC1(C)C. The molecule has 1 heteroatoms. The maximum atomic E-state index is 11.2. The number of unbranched alkanes of at least 4 members (excludes halogenated alkanes) is 1. The van der Waals surface area contributed by atoms with Crippen molar-refractivity contribution in [3.63, 3.8) is 0 Å². The summed E-state index contributed by atoms with van der Waals surface area (Å²) < 4.78 is 0. The Balaban J connectivity index is 2.47. The van der Waals surface area contributed by atoms with Gasteiger partial charge in [-0.1, -0.05) is 33.6 Å². The fourth-order valence-electron chi connectivity index (χ4n) is 2.22. The highest BCUT2D eigenvalue weighted by Crippen LogP contribution is 2.43. The minimum Gasteiger partial charge on any atom is -0.300 e. The minimum absolute atomic E-state index is 0.284. The smallest absolute Gasteiger partial charge is 0.133 e. The van der Waals surface area contributed by atoms with Crippen LogP contribution < -0.4 is 0 Å². The summed E-state index contributed by atoms with van der Waals surface area (Å²) in [5.41, 5.74) is 0.284. The van der Waals surface area contributed by atoms with E-state index in [-0.39, 0.29) is 5.41 Å². The topological polar surface area (TPSA) is 17.1 Å². The molecule has 1 unspecified atom stereocenters. The molecule has 0 amide bonds. The average Bonchev–Trinajstić information content (AvgIpc) is 2.20. The number of carbonyl (C=O) groups is 1. The first-order valence-corrected chi connectivity index (χ1v) is 5.08. The van der Waals surface area contributed by atoms with E-state index in [4.69, 9.17) is 0 Å². The van der Waals surface area contributed by atoms with Crippen molar-refractivity contribution in [2.45, 2.75) is 52.9 Å². The summed E-state index contributed by atoms with van der Waals surface area (Å²) in [5, 5.41) is 0. The molecule has 0 aromatic rings. The maximum Gasteiger partial charge on any atom is 0.133 e. The summed E-state index contributed by atoms with van der Waals surface area (Å²) in [4.78, 5) is 11.2. The fourth-order valence-corrected chi connectivity index (χ4v) is 2.22. The van der Waals surface area contributed by atoms with Gasteiger partial charge in [0.1, 0.15) is 5.78 Å². The van der Waals surface area contributed by atoms with Crippen LogP contribution in [0, 0.1) is 11.3 Å². The second kappa shape index (κ2) is 3.59. The largest absolute Gasteiger partial charge is 0.300 e. The Kier molecular flexibility index (Phi) is 2.92. The first-order chi connectivity index (χ1) is 5.56. The molecule has 0 heterocycles. The van der Waals surface area contributed by atoms with Crippen LogP contribution in [0.2, 0.25) is 0 Å². The zero-order chi connectivity index (χ0) is 9.19. The lowest BCUT2D eigenvalue weighted by Gasteiger charge is -2.25. The van der Waals surface area contributed by atoms with Gasteiger partial charge in [0, 0.05) is 12.8 Å². The van der Waals surface area contributed by atoms with E-state index in [9.17, 15) is 4.79 Å². The number of ketones is 1. The van der Waals surface area contributed by atoms with Crippen LogP contribution in [0.1, 0.15) is 52.9 Å². The zero-order valence-electron chi connectivity index (χ0n) is 8.52. The van der Waals surface area contributed by atoms with Crippen molar-refractivity contribution >= 4 is 5.78 Å². The van der Waals surface area contributed by atoms with Gasteiger partial charge < -0.3 is 0 Å². The van der Waals surface area contributed by atoms with Gasteiger partial charge in [-0.3, -0.25) is 4.79 Å². The molecule has 0 aromatic carbocycles. The van der Waals surface area contributed by atoms with E-state index >= 15 is 0 Å². The highest BCUT2D eigenvalue weighted by atomic mass is 16.1. The van der Waals surface area contributed by atoms with Crippen molar-refractivity contribution in [3.8, 4) is 0 Å². The van der Waals surface area contributed by atoms with Crippen molar-refractivity contribution in [3.05, 3.63) is 0 Å². The van der Waals surface area contributed by atoms with E-state index in [1.807, 2.05) is 0 Å². The average molecular weight is 168 g/mol. The second-order valence-corrected chi connectivity index (χ2v) is 4.75. The van der Waals surface area contributed by atoms with Crippen LogP contribution in [0.15, 0.2) is 0 Å². The second-order valence-electron chi connectivity index (χ2n) is 4.75. The molecule has 0 radical (unpaired) electrons. The standard InChI is InChI=1S/C11H20O/c1-4-5-6-9-7-10(12)8-11(9,2)3/h9H,4-8H2,1-3H3. The van der Waals surface area contributed by atoms with Gasteiger partial charge in [0.2, 0.25) is 0 Å². The molecular formula is C11H20O. The van der Waals surface area contributed by atoms with Crippen molar-refractivity contribution in [2.24, 2.45) is 11.3 Å². The normalized spacial score (nSPS) is 27.9. The van der Waals surface area contributed by atoms with Gasteiger partial charge in [0.15, 0.2) is 0 Å². The van der Waals surface area contributed by atoms with Crippen LogP contribution in [-0.4, -0.2) is 5.78 Å². The van der Waals surface area contributed by atoms with Gasteiger partial charge in [-0.05, 0) is 17.8 Å². The van der Waals surface area contributed by atoms with Crippen molar-refractivity contribution < 1.29 is 4.79 Å². The third-order valence-electron chi connectivity index (χ3n) is 3.14. The Labute approximate surface area is 75.5 Å². The highest BCUT2D eigenvalue weighted by Gasteiger charge is 2.38. The molecule has 1 atom stereocenters. The summed E-state index contributed by atoms with van der Waals surface area (Å²) >= 11 is 0. The summed E-state index contributed by atoms with van der Waals surface area (Å²) in [6, 6.07) is 0.